The molecule has 6 heteroatoms. The zero-order valence-electron chi connectivity index (χ0n) is 5.16. The number of carboxylic acid groups (broad SMARTS) is 1. The first-order valence-corrected chi connectivity index (χ1v) is 2.47. The number of carbonyl (C=O) groups is 1. The lowest BCUT2D eigenvalue weighted by Crippen LogP contribution is -2.18. The Morgan fingerprint density at radius 2 is 2.40 bits per heavy atom. The second kappa shape index (κ2) is 1.98. The summed E-state index contributed by atoms with van der Waals surface area (Å²) in [6, 6.07) is 0. The van der Waals surface area contributed by atoms with Crippen LogP contribution in [-0.2, 0) is 7.05 Å². The normalized spacial score (nSPS) is 9.70. The van der Waals surface area contributed by atoms with E-state index in [-0.39, 0.29) is 0 Å². The molecule has 1 aromatic rings. The molecule has 6 nitrogen and oxygen atoms in total. The molecule has 0 aliphatic carbocycles. The molecule has 1 heterocycles. The van der Waals surface area contributed by atoms with Crippen molar-refractivity contribution in [2.24, 2.45) is 7.05 Å². The number of carboxylic acids is 1. The molecule has 1 rings (SSSR count). The van der Waals surface area contributed by atoms with Crippen LogP contribution in [0.3, 0.4) is 0 Å². The minimum atomic E-state index is -1.32. The third-order valence-electron chi connectivity index (χ3n) is 1.02. The van der Waals surface area contributed by atoms with E-state index in [1.165, 1.54) is 7.05 Å². The molecule has 0 saturated heterocycles. The maximum Gasteiger partial charge on any atom is 0.362 e. The van der Waals surface area contributed by atoms with Gasteiger partial charge in [-0.05, 0) is 0 Å². The predicted molar refractivity (Wildman–Crippen MR) is 30.8 cm³/mol. The predicted octanol–water partition coefficient (Wildman–Crippen LogP) is -1.19. The molecular weight excluding hydrogens is 138 g/mol. The maximum absolute atomic E-state index is 10.7. The molecule has 0 amide bonds. The van der Waals surface area contributed by atoms with Gasteiger partial charge in [-0.3, -0.25) is 4.79 Å². The van der Waals surface area contributed by atoms with Crippen molar-refractivity contribution in [3.63, 3.8) is 0 Å². The molecule has 10 heavy (non-hydrogen) atoms. The van der Waals surface area contributed by atoms with E-state index in [2.05, 4.69) is 10.3 Å². The number of nitrogens with zero attached hydrogens (tertiary/aromatic N) is 2. The molecule has 0 unspecified atom stereocenters. The fraction of sp³-hybridized carbons (Fsp3) is 0.250. The van der Waals surface area contributed by atoms with Crippen LogP contribution < -0.4 is 5.56 Å². The van der Waals surface area contributed by atoms with E-state index in [1.807, 2.05) is 0 Å². The lowest BCUT2D eigenvalue weighted by atomic mass is 10.5. The minimum absolute atomic E-state index is 0.484. The van der Waals surface area contributed by atoms with Gasteiger partial charge in [0.1, 0.15) is 0 Å². The summed E-state index contributed by atoms with van der Waals surface area (Å²) in [5, 5.41) is 13.7. The van der Waals surface area contributed by atoms with E-state index >= 15 is 0 Å². The van der Waals surface area contributed by atoms with Crippen molar-refractivity contribution in [1.29, 1.82) is 0 Å². The lowest BCUT2D eigenvalue weighted by Gasteiger charge is -1.79. The van der Waals surface area contributed by atoms with Gasteiger partial charge in [0.25, 0.3) is 0 Å². The summed E-state index contributed by atoms with van der Waals surface area (Å²) in [7, 11) is 1.39. The number of rotatable bonds is 1. The first kappa shape index (κ1) is 6.53. The fourth-order valence-corrected chi connectivity index (χ4v) is 0.516. The molecule has 0 aliphatic heterocycles. The average Bonchev–Trinajstić information content (AvgIpc) is 2.14. The van der Waals surface area contributed by atoms with E-state index in [0.717, 1.165) is 4.68 Å². The molecule has 0 aromatic carbocycles. The number of hydrogen-bond acceptors (Lipinski definition) is 3. The van der Waals surface area contributed by atoms with E-state index in [4.69, 9.17) is 5.11 Å². The first-order chi connectivity index (χ1) is 4.63. The van der Waals surface area contributed by atoms with Gasteiger partial charge in [0, 0.05) is 7.05 Å². The number of hydrogen-bond donors (Lipinski definition) is 2. The smallest absolute Gasteiger partial charge is 0.362 e. The SMILES string of the molecule is Cn1[nH]nc(C(=O)O)c1=O. The van der Waals surface area contributed by atoms with Gasteiger partial charge in [-0.2, -0.15) is 0 Å². The van der Waals surface area contributed by atoms with Gasteiger partial charge in [0.05, 0.1) is 0 Å². The Morgan fingerprint density at radius 1 is 1.80 bits per heavy atom. The van der Waals surface area contributed by atoms with Crippen LogP contribution in [0.15, 0.2) is 4.79 Å². The number of aryl methyl sites for hydroxylation is 1. The van der Waals surface area contributed by atoms with Crippen molar-refractivity contribution in [2.45, 2.75) is 0 Å². The largest absolute Gasteiger partial charge is 0.476 e. The van der Waals surface area contributed by atoms with Crippen LogP contribution in [0.1, 0.15) is 10.5 Å². The van der Waals surface area contributed by atoms with Gasteiger partial charge < -0.3 is 5.11 Å². The molecule has 0 saturated carbocycles. The quantitative estimate of drug-likeness (QED) is 0.517. The van der Waals surface area contributed by atoms with E-state index in [9.17, 15) is 9.59 Å². The molecule has 0 spiro atoms. The summed E-state index contributed by atoms with van der Waals surface area (Å²) >= 11 is 0. The second-order valence-corrected chi connectivity index (χ2v) is 1.73. The molecular formula is C4H5N3O3. The number of aromatic carboxylic acids is 1. The minimum Gasteiger partial charge on any atom is -0.476 e. The Kier molecular flexibility index (Phi) is 1.29. The van der Waals surface area contributed by atoms with Crippen LogP contribution >= 0.6 is 0 Å². The number of aromatic nitrogens is 3. The molecule has 0 fully saturated rings. The topological polar surface area (TPSA) is 88.0 Å². The molecule has 1 aromatic heterocycles. The van der Waals surface area contributed by atoms with E-state index in [0.29, 0.717) is 0 Å². The summed E-state index contributed by atoms with van der Waals surface area (Å²) in [4.78, 5) is 20.8. The Labute approximate surface area is 55.1 Å². The van der Waals surface area contributed by atoms with E-state index < -0.39 is 17.2 Å². The number of H-pyrrole nitrogens is 1. The number of aromatic amines is 1. The molecule has 2 N–H and O–H groups in total. The summed E-state index contributed by atoms with van der Waals surface area (Å²) in [6.45, 7) is 0. The standard InChI is InChI=1S/C4H5N3O3/c1-7-3(8)2(4(9)10)5-6-7/h6H,1H3,(H,9,10). The third-order valence-corrected chi connectivity index (χ3v) is 1.02. The van der Waals surface area contributed by atoms with Gasteiger partial charge in [-0.25, -0.2) is 14.7 Å². The van der Waals surface area contributed by atoms with Gasteiger partial charge in [0.2, 0.25) is 5.69 Å². The van der Waals surface area contributed by atoms with Crippen molar-refractivity contribution in [3.05, 3.63) is 16.0 Å². The van der Waals surface area contributed by atoms with Crippen LogP contribution in [0, 0.1) is 0 Å². The van der Waals surface area contributed by atoms with Crippen LogP contribution in [-0.4, -0.2) is 26.1 Å². The van der Waals surface area contributed by atoms with Gasteiger partial charge in [-0.1, -0.05) is 0 Å². The Morgan fingerprint density at radius 3 is 2.60 bits per heavy atom. The van der Waals surface area contributed by atoms with Crippen molar-refractivity contribution in [1.82, 2.24) is 15.0 Å². The fourth-order valence-electron chi connectivity index (χ4n) is 0.516. The van der Waals surface area contributed by atoms with Crippen molar-refractivity contribution in [3.8, 4) is 0 Å². The average molecular weight is 143 g/mol. The Bertz CT molecular complexity index is 310. The molecule has 0 bridgehead atoms. The highest BCUT2D eigenvalue weighted by Crippen LogP contribution is 1.79. The zero-order valence-corrected chi connectivity index (χ0v) is 5.16. The van der Waals surface area contributed by atoms with Gasteiger partial charge >= 0.3 is 11.5 Å². The summed E-state index contributed by atoms with van der Waals surface area (Å²) in [6.07, 6.45) is 0. The zero-order chi connectivity index (χ0) is 7.72. The molecule has 54 valence electrons. The first-order valence-electron chi connectivity index (χ1n) is 2.47. The van der Waals surface area contributed by atoms with Crippen LogP contribution in [0.5, 0.6) is 0 Å². The van der Waals surface area contributed by atoms with Crippen LogP contribution in [0.25, 0.3) is 0 Å². The van der Waals surface area contributed by atoms with Crippen LogP contribution in [0.4, 0.5) is 0 Å². The molecule has 0 aliphatic rings. The van der Waals surface area contributed by atoms with E-state index in [1.54, 1.807) is 0 Å². The summed E-state index contributed by atoms with van der Waals surface area (Å²) in [5.41, 5.74) is -1.12. The Balaban J connectivity index is 3.32. The Hall–Kier alpha value is -1.59. The third kappa shape index (κ3) is 0.790. The van der Waals surface area contributed by atoms with Crippen LogP contribution in [0.2, 0.25) is 0 Å². The van der Waals surface area contributed by atoms with Crippen molar-refractivity contribution >= 4 is 5.97 Å². The lowest BCUT2D eigenvalue weighted by molar-refractivity contribution is 0.0689. The molecule has 0 radical (unpaired) electrons. The summed E-state index contributed by atoms with van der Waals surface area (Å²) in [5.74, 6) is -1.32. The monoisotopic (exact) mass is 143 g/mol. The highest BCUT2D eigenvalue weighted by molar-refractivity contribution is 5.84. The van der Waals surface area contributed by atoms with Gasteiger partial charge in [-0.15, -0.1) is 5.10 Å². The molecule has 0 atom stereocenters. The maximum atomic E-state index is 10.7. The highest BCUT2D eigenvalue weighted by atomic mass is 16.4. The summed E-state index contributed by atoms with van der Waals surface area (Å²) < 4.78 is 0.990. The number of nitrogens with one attached hydrogen (secondary N) is 1. The van der Waals surface area contributed by atoms with Crippen molar-refractivity contribution < 1.29 is 9.90 Å². The highest BCUT2D eigenvalue weighted by Gasteiger charge is 2.12. The second-order valence-electron chi connectivity index (χ2n) is 1.73. The van der Waals surface area contributed by atoms with Gasteiger partial charge in [0.15, 0.2) is 0 Å². The van der Waals surface area contributed by atoms with Crippen molar-refractivity contribution in [2.75, 3.05) is 0 Å².